The Morgan fingerprint density at radius 2 is 1.60 bits per heavy atom. The lowest BCUT2D eigenvalue weighted by molar-refractivity contribution is 0.0417. The molecule has 0 aromatic heterocycles. The summed E-state index contributed by atoms with van der Waals surface area (Å²) < 4.78 is 10.4. The molecule has 3 N–H and O–H groups in total. The molecule has 11 nitrogen and oxygen atoms in total. The van der Waals surface area contributed by atoms with E-state index in [0.717, 1.165) is 43.7 Å². The largest absolute Gasteiger partial charge is 0.448 e. The van der Waals surface area contributed by atoms with Gasteiger partial charge in [0, 0.05) is 66.9 Å². The number of nitrogens with zero attached hydrogens (tertiary/aromatic N) is 3. The molecule has 234 valence electrons. The first kappa shape index (κ1) is 32.1. The Morgan fingerprint density at radius 3 is 2.21 bits per heavy atom. The molecule has 0 bridgehead atoms. The van der Waals surface area contributed by atoms with Crippen molar-refractivity contribution in [3.8, 4) is 0 Å². The van der Waals surface area contributed by atoms with E-state index in [1.54, 1.807) is 12.1 Å². The number of hydrogen-bond donors (Lipinski definition) is 2. The number of hydrogen-bond acceptors (Lipinski definition) is 8. The molecule has 2 aliphatic rings. The van der Waals surface area contributed by atoms with Crippen LogP contribution in [0.5, 0.6) is 0 Å². The lowest BCUT2D eigenvalue weighted by Gasteiger charge is -2.38. The third-order valence-electron chi connectivity index (χ3n) is 7.74. The van der Waals surface area contributed by atoms with Gasteiger partial charge >= 0.3 is 12.2 Å². The molecule has 1 unspecified atom stereocenters. The number of anilines is 1. The van der Waals surface area contributed by atoms with E-state index < -0.39 is 35.6 Å². The summed E-state index contributed by atoms with van der Waals surface area (Å²) in [5, 5.41) is 4.32. The molecule has 2 aromatic carbocycles. The normalized spacial score (nSPS) is 16.8. The van der Waals surface area contributed by atoms with Crippen LogP contribution < -0.4 is 16.0 Å². The van der Waals surface area contributed by atoms with Gasteiger partial charge in [-0.05, 0) is 57.2 Å². The number of piperazine rings is 1. The van der Waals surface area contributed by atoms with Gasteiger partial charge < -0.3 is 25.4 Å². The molecular weight excluding hydrogens is 550 g/mol. The molecule has 2 heterocycles. The van der Waals surface area contributed by atoms with E-state index in [0.29, 0.717) is 36.0 Å². The minimum atomic E-state index is -0.941. The van der Waals surface area contributed by atoms with Crippen LogP contribution in [0.1, 0.15) is 75.1 Å². The third-order valence-corrected chi connectivity index (χ3v) is 7.74. The molecule has 0 radical (unpaired) electrons. The van der Waals surface area contributed by atoms with Crippen LogP contribution in [-0.2, 0) is 9.47 Å². The summed E-state index contributed by atoms with van der Waals surface area (Å²) in [6.45, 7) is 15.9. The van der Waals surface area contributed by atoms with Crippen molar-refractivity contribution in [2.45, 2.75) is 66.0 Å². The van der Waals surface area contributed by atoms with E-state index in [9.17, 15) is 19.2 Å². The van der Waals surface area contributed by atoms with Gasteiger partial charge in [0.15, 0.2) is 0 Å². The highest BCUT2D eigenvalue weighted by Gasteiger charge is 2.39. The van der Waals surface area contributed by atoms with Crippen molar-refractivity contribution in [1.82, 2.24) is 15.1 Å². The van der Waals surface area contributed by atoms with Crippen LogP contribution in [0.4, 0.5) is 15.3 Å². The SMILES string of the molecule is CC(C)(C)CCC(COC(N)=O)N1C(=O)c2cccc3c(N4CCN(CCNC(=O)OC(C)(C)C)CC4)ccc(c23)C1=O. The number of primary amides is 1. The molecule has 43 heavy (non-hydrogen) atoms. The van der Waals surface area contributed by atoms with Crippen LogP contribution in [0.3, 0.4) is 0 Å². The average molecular weight is 596 g/mol. The molecule has 2 aliphatic heterocycles. The zero-order valence-electron chi connectivity index (χ0n) is 26.2. The second-order valence-electron chi connectivity index (χ2n) is 13.5. The van der Waals surface area contributed by atoms with Crippen molar-refractivity contribution in [1.29, 1.82) is 0 Å². The second-order valence-corrected chi connectivity index (χ2v) is 13.5. The Hall–Kier alpha value is -3.86. The number of imide groups is 1. The number of ether oxygens (including phenoxy) is 2. The number of carbonyl (C=O) groups excluding carboxylic acids is 4. The number of carbonyl (C=O) groups is 4. The zero-order valence-corrected chi connectivity index (χ0v) is 26.2. The number of alkyl carbamates (subject to hydrolysis) is 1. The predicted octanol–water partition coefficient (Wildman–Crippen LogP) is 4.37. The molecule has 1 fully saturated rings. The Balaban J connectivity index is 1.49. The fourth-order valence-corrected chi connectivity index (χ4v) is 5.61. The van der Waals surface area contributed by atoms with Crippen molar-refractivity contribution in [2.24, 2.45) is 11.1 Å². The molecule has 0 aliphatic carbocycles. The maximum atomic E-state index is 13.9. The predicted molar refractivity (Wildman–Crippen MR) is 165 cm³/mol. The summed E-state index contributed by atoms with van der Waals surface area (Å²) in [5.74, 6) is -0.788. The fourth-order valence-electron chi connectivity index (χ4n) is 5.61. The molecule has 0 saturated carbocycles. The lowest BCUT2D eigenvalue weighted by Crippen LogP contribution is -2.50. The minimum Gasteiger partial charge on any atom is -0.448 e. The maximum Gasteiger partial charge on any atom is 0.407 e. The maximum absolute atomic E-state index is 13.9. The van der Waals surface area contributed by atoms with Crippen molar-refractivity contribution in [3.05, 3.63) is 41.5 Å². The van der Waals surface area contributed by atoms with Gasteiger partial charge in [-0.2, -0.15) is 0 Å². The first-order valence-electron chi connectivity index (χ1n) is 14.9. The number of nitrogens with one attached hydrogen (secondary N) is 1. The fraction of sp³-hybridized carbons (Fsp3) is 0.562. The van der Waals surface area contributed by atoms with Crippen molar-refractivity contribution < 1.29 is 28.7 Å². The highest BCUT2D eigenvalue weighted by atomic mass is 16.6. The molecular formula is C32H45N5O6. The van der Waals surface area contributed by atoms with Gasteiger partial charge in [0.1, 0.15) is 12.2 Å². The summed E-state index contributed by atoms with van der Waals surface area (Å²) in [6.07, 6.45) is -0.159. The Labute approximate surface area is 253 Å². The van der Waals surface area contributed by atoms with Crippen LogP contribution in [0, 0.1) is 5.41 Å². The number of amides is 4. The summed E-state index contributed by atoms with van der Waals surface area (Å²) in [7, 11) is 0. The molecule has 4 amide bonds. The Morgan fingerprint density at radius 1 is 0.953 bits per heavy atom. The summed E-state index contributed by atoms with van der Waals surface area (Å²) >= 11 is 0. The van der Waals surface area contributed by atoms with Gasteiger partial charge in [-0.3, -0.25) is 19.4 Å². The van der Waals surface area contributed by atoms with Gasteiger partial charge in [0.05, 0.1) is 6.04 Å². The molecule has 0 spiro atoms. The van der Waals surface area contributed by atoms with E-state index in [-0.39, 0.29) is 12.0 Å². The van der Waals surface area contributed by atoms with E-state index in [4.69, 9.17) is 15.2 Å². The van der Waals surface area contributed by atoms with Gasteiger partial charge in [-0.1, -0.05) is 32.9 Å². The standard InChI is InChI=1S/C32H45N5O6/c1-31(2,3)13-12-21(20-42-29(33)40)37-27(38)23-9-7-8-22-25(11-10-24(26(22)23)28(37)39)36-18-16-35(17-19-36)15-14-34-30(41)43-32(4,5)6/h7-11,21H,12-20H2,1-6H3,(H2,33,40)(H,34,41). The monoisotopic (exact) mass is 595 g/mol. The minimum absolute atomic E-state index is 0.0433. The quantitative estimate of drug-likeness (QED) is 0.408. The van der Waals surface area contributed by atoms with Crippen LogP contribution in [-0.4, -0.2) is 91.3 Å². The smallest absolute Gasteiger partial charge is 0.407 e. The average Bonchev–Trinajstić information content (AvgIpc) is 2.91. The Bertz CT molecular complexity index is 1350. The van der Waals surface area contributed by atoms with Crippen molar-refractivity contribution >= 4 is 40.5 Å². The topological polar surface area (TPSA) is 135 Å². The third kappa shape index (κ3) is 7.95. The second kappa shape index (κ2) is 12.8. The van der Waals surface area contributed by atoms with Crippen molar-refractivity contribution in [2.75, 3.05) is 50.8 Å². The molecule has 11 heteroatoms. The van der Waals surface area contributed by atoms with Crippen LogP contribution in [0.25, 0.3) is 10.8 Å². The van der Waals surface area contributed by atoms with E-state index >= 15 is 0 Å². The first-order chi connectivity index (χ1) is 20.1. The first-order valence-corrected chi connectivity index (χ1v) is 14.9. The van der Waals surface area contributed by atoms with Crippen LogP contribution in [0.2, 0.25) is 0 Å². The van der Waals surface area contributed by atoms with Gasteiger partial charge in [0.25, 0.3) is 11.8 Å². The van der Waals surface area contributed by atoms with Crippen LogP contribution >= 0.6 is 0 Å². The summed E-state index contributed by atoms with van der Waals surface area (Å²) in [6, 6.07) is 8.68. The summed E-state index contributed by atoms with van der Waals surface area (Å²) in [4.78, 5) is 56.9. The number of rotatable bonds is 9. The van der Waals surface area contributed by atoms with Crippen molar-refractivity contribution in [3.63, 3.8) is 0 Å². The van der Waals surface area contributed by atoms with Gasteiger partial charge in [0.2, 0.25) is 0 Å². The lowest BCUT2D eigenvalue weighted by atomic mass is 9.87. The van der Waals surface area contributed by atoms with Gasteiger partial charge in [-0.25, -0.2) is 9.59 Å². The molecule has 4 rings (SSSR count). The van der Waals surface area contributed by atoms with E-state index in [1.165, 1.54) is 4.90 Å². The number of benzene rings is 2. The molecule has 1 saturated heterocycles. The highest BCUT2D eigenvalue weighted by Crippen LogP contribution is 2.37. The van der Waals surface area contributed by atoms with Crippen LogP contribution in [0.15, 0.2) is 30.3 Å². The summed E-state index contributed by atoms with van der Waals surface area (Å²) in [5.41, 5.74) is 6.55. The molecule has 1 atom stereocenters. The highest BCUT2D eigenvalue weighted by molar-refractivity contribution is 6.27. The van der Waals surface area contributed by atoms with E-state index in [1.807, 2.05) is 39.0 Å². The zero-order chi connectivity index (χ0) is 31.5. The molecule has 2 aromatic rings. The Kier molecular flexibility index (Phi) is 9.54. The van der Waals surface area contributed by atoms with Gasteiger partial charge in [-0.15, -0.1) is 0 Å². The number of nitrogens with two attached hydrogens (primary N) is 1. The van der Waals surface area contributed by atoms with E-state index in [2.05, 4.69) is 35.9 Å².